The molecule has 1 N–H and O–H groups in total. The Morgan fingerprint density at radius 2 is 1.42 bits per heavy atom. The summed E-state index contributed by atoms with van der Waals surface area (Å²) in [6.07, 6.45) is 2.03. The maximum Gasteiger partial charge on any atom is 0.171 e. The van der Waals surface area contributed by atoms with E-state index in [9.17, 15) is 5.11 Å². The first-order chi connectivity index (χ1) is 9.21. The molecule has 0 spiro atoms. The fourth-order valence-electron chi connectivity index (χ4n) is 3.72. The van der Waals surface area contributed by atoms with Crippen LogP contribution in [0.25, 0.3) is 0 Å². The molecule has 0 amide bonds. The molecule has 0 aromatic heterocycles. The van der Waals surface area contributed by atoms with E-state index in [1.54, 1.807) is 0 Å². The fourth-order valence-corrected chi connectivity index (χ4v) is 3.72. The first-order valence-corrected chi connectivity index (χ1v) is 6.83. The Hall–Kier alpha value is -1.64. The molecular weight excluding hydrogens is 234 g/mol. The quantitative estimate of drug-likeness (QED) is 0.776. The second kappa shape index (κ2) is 3.69. The third kappa shape index (κ3) is 1.33. The van der Waals surface area contributed by atoms with Crippen LogP contribution in [0.1, 0.15) is 22.3 Å². The maximum absolute atomic E-state index is 11.4. The van der Waals surface area contributed by atoms with Crippen molar-refractivity contribution in [2.24, 2.45) is 0 Å². The predicted octanol–water partition coefficient (Wildman–Crippen LogP) is 2.29. The van der Waals surface area contributed by atoms with E-state index in [0.29, 0.717) is 6.04 Å². The number of likely N-dealkylation sites (N-methyl/N-ethyl adjacent to an activating group) is 1. The van der Waals surface area contributed by atoms with E-state index >= 15 is 0 Å². The van der Waals surface area contributed by atoms with E-state index in [2.05, 4.69) is 41.3 Å². The van der Waals surface area contributed by atoms with Crippen molar-refractivity contribution in [3.63, 3.8) is 0 Å². The van der Waals surface area contributed by atoms with Crippen LogP contribution in [0.2, 0.25) is 0 Å². The molecule has 0 saturated heterocycles. The minimum atomic E-state index is -0.964. The van der Waals surface area contributed by atoms with Crippen LogP contribution < -0.4 is 0 Å². The Bertz CT molecular complexity index is 600. The molecule has 2 nitrogen and oxygen atoms in total. The molecule has 0 radical (unpaired) electrons. The number of nitrogens with zero attached hydrogens (tertiary/aromatic N) is 1. The van der Waals surface area contributed by atoms with Gasteiger partial charge in [-0.2, -0.15) is 0 Å². The van der Waals surface area contributed by atoms with Gasteiger partial charge < -0.3 is 5.11 Å². The SMILES string of the molecule is CN1C2Cc3ccccc3C1(O)c1ccccc1C2. The van der Waals surface area contributed by atoms with Gasteiger partial charge >= 0.3 is 0 Å². The van der Waals surface area contributed by atoms with E-state index in [-0.39, 0.29) is 0 Å². The van der Waals surface area contributed by atoms with Crippen LogP contribution in [-0.2, 0) is 18.6 Å². The molecule has 2 aromatic carbocycles. The van der Waals surface area contributed by atoms with Crippen molar-refractivity contribution in [3.05, 3.63) is 70.8 Å². The van der Waals surface area contributed by atoms with E-state index < -0.39 is 5.72 Å². The van der Waals surface area contributed by atoms with Crippen molar-refractivity contribution >= 4 is 0 Å². The van der Waals surface area contributed by atoms with Gasteiger partial charge in [0, 0.05) is 17.2 Å². The molecule has 2 heteroatoms. The molecule has 0 atom stereocenters. The van der Waals surface area contributed by atoms with Crippen LogP contribution in [-0.4, -0.2) is 23.1 Å². The van der Waals surface area contributed by atoms with Gasteiger partial charge in [-0.15, -0.1) is 0 Å². The minimum absolute atomic E-state index is 0.384. The minimum Gasteiger partial charge on any atom is -0.367 e. The molecule has 0 fully saturated rings. The molecule has 0 aliphatic carbocycles. The number of aliphatic hydroxyl groups is 1. The number of hydrogen-bond acceptors (Lipinski definition) is 2. The lowest BCUT2D eigenvalue weighted by atomic mass is 9.74. The summed E-state index contributed by atoms with van der Waals surface area (Å²) in [7, 11) is 2.04. The number of benzene rings is 2. The monoisotopic (exact) mass is 251 g/mol. The molecule has 2 aliphatic heterocycles. The van der Waals surface area contributed by atoms with Gasteiger partial charge in [0.05, 0.1) is 0 Å². The lowest BCUT2D eigenvalue weighted by Gasteiger charge is -2.51. The largest absolute Gasteiger partial charge is 0.367 e. The molecule has 2 aromatic rings. The van der Waals surface area contributed by atoms with E-state index in [0.717, 1.165) is 24.0 Å². The first-order valence-electron chi connectivity index (χ1n) is 6.83. The van der Waals surface area contributed by atoms with Gasteiger partial charge in [-0.05, 0) is 31.0 Å². The molecule has 0 saturated carbocycles. The summed E-state index contributed by atoms with van der Waals surface area (Å²) in [5.74, 6) is 0. The van der Waals surface area contributed by atoms with Gasteiger partial charge in [0.2, 0.25) is 0 Å². The van der Waals surface area contributed by atoms with Crippen LogP contribution in [0.5, 0.6) is 0 Å². The van der Waals surface area contributed by atoms with Crippen LogP contribution in [0.3, 0.4) is 0 Å². The topological polar surface area (TPSA) is 23.5 Å². The van der Waals surface area contributed by atoms with Crippen molar-refractivity contribution in [1.82, 2.24) is 4.90 Å². The number of hydrogen-bond donors (Lipinski definition) is 1. The Morgan fingerprint density at radius 1 is 0.947 bits per heavy atom. The van der Waals surface area contributed by atoms with Crippen molar-refractivity contribution in [3.8, 4) is 0 Å². The highest BCUT2D eigenvalue weighted by molar-refractivity contribution is 5.48. The molecule has 19 heavy (non-hydrogen) atoms. The lowest BCUT2D eigenvalue weighted by molar-refractivity contribution is -0.107. The fraction of sp³-hybridized carbons (Fsp3) is 0.294. The normalized spacial score (nSPS) is 28.6. The summed E-state index contributed by atoms with van der Waals surface area (Å²) in [5, 5.41) is 11.4. The second-order valence-corrected chi connectivity index (χ2v) is 5.66. The van der Waals surface area contributed by atoms with Gasteiger partial charge in [-0.1, -0.05) is 48.5 Å². The van der Waals surface area contributed by atoms with Gasteiger partial charge in [-0.25, -0.2) is 0 Å². The molecular formula is C17H17NO. The van der Waals surface area contributed by atoms with E-state index in [4.69, 9.17) is 0 Å². The maximum atomic E-state index is 11.4. The third-order valence-corrected chi connectivity index (χ3v) is 4.76. The Labute approximate surface area is 113 Å². The zero-order chi connectivity index (χ0) is 13.0. The van der Waals surface area contributed by atoms with Gasteiger partial charge in [0.1, 0.15) is 0 Å². The highest BCUT2D eigenvalue weighted by Crippen LogP contribution is 2.45. The molecule has 2 heterocycles. The zero-order valence-electron chi connectivity index (χ0n) is 11.0. The molecule has 2 bridgehead atoms. The van der Waals surface area contributed by atoms with Gasteiger partial charge in [0.15, 0.2) is 5.72 Å². The average molecular weight is 251 g/mol. The van der Waals surface area contributed by atoms with E-state index in [1.807, 2.05) is 19.2 Å². The van der Waals surface area contributed by atoms with Crippen molar-refractivity contribution in [2.75, 3.05) is 7.05 Å². The molecule has 4 rings (SSSR count). The number of fused-ring (bicyclic) bond motifs is 6. The highest BCUT2D eigenvalue weighted by atomic mass is 16.3. The Morgan fingerprint density at radius 3 is 1.95 bits per heavy atom. The van der Waals surface area contributed by atoms with Crippen molar-refractivity contribution in [1.29, 1.82) is 0 Å². The summed E-state index contributed by atoms with van der Waals surface area (Å²) in [6, 6.07) is 17.0. The Kier molecular flexibility index (Phi) is 2.17. The Balaban J connectivity index is 2.05. The van der Waals surface area contributed by atoms with Crippen LogP contribution in [0.15, 0.2) is 48.5 Å². The summed E-state index contributed by atoms with van der Waals surface area (Å²) < 4.78 is 0. The summed E-state index contributed by atoms with van der Waals surface area (Å²) in [5.41, 5.74) is 3.68. The zero-order valence-corrected chi connectivity index (χ0v) is 11.0. The molecule has 0 unspecified atom stereocenters. The van der Waals surface area contributed by atoms with Gasteiger partial charge in [0.25, 0.3) is 0 Å². The van der Waals surface area contributed by atoms with E-state index in [1.165, 1.54) is 11.1 Å². The van der Waals surface area contributed by atoms with Crippen LogP contribution >= 0.6 is 0 Å². The second-order valence-electron chi connectivity index (χ2n) is 5.66. The summed E-state index contributed by atoms with van der Waals surface area (Å²) in [4.78, 5) is 2.14. The van der Waals surface area contributed by atoms with Crippen LogP contribution in [0.4, 0.5) is 0 Å². The van der Waals surface area contributed by atoms with Crippen molar-refractivity contribution < 1.29 is 5.11 Å². The first kappa shape index (κ1) is 11.2. The lowest BCUT2D eigenvalue weighted by Crippen LogP contribution is -2.58. The highest BCUT2D eigenvalue weighted by Gasteiger charge is 2.48. The van der Waals surface area contributed by atoms with Gasteiger partial charge in [-0.3, -0.25) is 4.90 Å². The molecule has 2 aliphatic rings. The number of rotatable bonds is 0. The average Bonchev–Trinajstić information content (AvgIpc) is 2.43. The predicted molar refractivity (Wildman–Crippen MR) is 74.8 cm³/mol. The third-order valence-electron chi connectivity index (χ3n) is 4.76. The molecule has 96 valence electrons. The smallest absolute Gasteiger partial charge is 0.171 e. The summed E-state index contributed by atoms with van der Waals surface area (Å²) in [6.45, 7) is 0. The van der Waals surface area contributed by atoms with Crippen LogP contribution in [0, 0.1) is 0 Å². The standard InChI is InChI=1S/C17H17NO/c1-18-14-10-12-6-2-4-8-15(12)17(18,19)16-9-5-3-7-13(16)11-14/h2-9,14,19H,10-11H2,1H3. The van der Waals surface area contributed by atoms with Crippen molar-refractivity contribution in [2.45, 2.75) is 24.6 Å². The summed E-state index contributed by atoms with van der Waals surface area (Å²) >= 11 is 0.